The second-order valence-corrected chi connectivity index (χ2v) is 10.1. The monoisotopic (exact) mass is 511 g/mol. The summed E-state index contributed by atoms with van der Waals surface area (Å²) in [7, 11) is -2.72. The molecule has 0 saturated carbocycles. The first-order valence-corrected chi connectivity index (χ1v) is 13.0. The number of rotatable bonds is 10. The molecule has 9 heteroatoms. The number of carbonyl (C=O) groups is 2. The number of sulfonamides is 1. The van der Waals surface area contributed by atoms with E-state index < -0.39 is 34.3 Å². The lowest BCUT2D eigenvalue weighted by Crippen LogP contribution is -2.51. The number of aryl methyl sites for hydroxylation is 1. The van der Waals surface area contributed by atoms with Crippen LogP contribution < -0.4 is 9.62 Å². The maximum Gasteiger partial charge on any atom is 0.264 e. The molecule has 0 fully saturated rings. The molecule has 36 heavy (non-hydrogen) atoms. The van der Waals surface area contributed by atoms with Gasteiger partial charge in [-0.25, -0.2) is 12.8 Å². The summed E-state index contributed by atoms with van der Waals surface area (Å²) in [5.74, 6) is -1.45. The van der Waals surface area contributed by atoms with E-state index in [0.29, 0.717) is 6.42 Å². The number of hydrogen-bond donors (Lipinski definition) is 1. The number of carbonyl (C=O) groups excluding carboxylic acids is 2. The van der Waals surface area contributed by atoms with E-state index in [9.17, 15) is 22.4 Å². The van der Waals surface area contributed by atoms with Crippen LogP contribution >= 0.6 is 0 Å². The van der Waals surface area contributed by atoms with Crippen molar-refractivity contribution in [1.82, 2.24) is 10.2 Å². The highest BCUT2D eigenvalue weighted by Gasteiger charge is 2.33. The van der Waals surface area contributed by atoms with E-state index in [1.54, 1.807) is 37.3 Å². The third-order valence-electron chi connectivity index (χ3n) is 5.96. The molecule has 190 valence electrons. The fraction of sp³-hybridized carbons (Fsp3) is 0.259. The van der Waals surface area contributed by atoms with Crippen LogP contribution in [0.5, 0.6) is 0 Å². The molecule has 1 atom stereocenters. The van der Waals surface area contributed by atoms with Crippen molar-refractivity contribution >= 4 is 27.5 Å². The van der Waals surface area contributed by atoms with Crippen molar-refractivity contribution in [1.29, 1.82) is 0 Å². The zero-order chi connectivity index (χ0) is 26.3. The van der Waals surface area contributed by atoms with Crippen LogP contribution in [-0.2, 0) is 26.2 Å². The van der Waals surface area contributed by atoms with E-state index >= 15 is 0 Å². The van der Waals surface area contributed by atoms with Gasteiger partial charge in [-0.3, -0.25) is 13.9 Å². The number of anilines is 1. The Balaban J connectivity index is 2.04. The second kappa shape index (κ2) is 11.8. The van der Waals surface area contributed by atoms with E-state index in [2.05, 4.69) is 5.32 Å². The number of likely N-dealkylation sites (N-methyl/N-ethyl adjacent to an activating group) is 1. The highest BCUT2D eigenvalue weighted by atomic mass is 32.2. The van der Waals surface area contributed by atoms with Crippen molar-refractivity contribution in [3.63, 3.8) is 0 Å². The first kappa shape index (κ1) is 26.9. The lowest BCUT2D eigenvalue weighted by Gasteiger charge is -2.33. The molecule has 3 aromatic rings. The fourth-order valence-electron chi connectivity index (χ4n) is 3.91. The summed E-state index contributed by atoms with van der Waals surface area (Å²) >= 11 is 0. The number of hydrogen-bond acceptors (Lipinski definition) is 4. The van der Waals surface area contributed by atoms with Crippen LogP contribution in [0.15, 0.2) is 83.8 Å². The average molecular weight is 512 g/mol. The molecule has 2 amide bonds. The molecule has 0 aromatic heterocycles. The van der Waals surface area contributed by atoms with Crippen LogP contribution in [-0.4, -0.2) is 44.8 Å². The van der Waals surface area contributed by atoms with Gasteiger partial charge in [-0.1, -0.05) is 49.4 Å². The Morgan fingerprint density at radius 1 is 0.944 bits per heavy atom. The minimum Gasteiger partial charge on any atom is -0.357 e. The molecule has 0 aliphatic rings. The van der Waals surface area contributed by atoms with Crippen LogP contribution in [0.1, 0.15) is 24.5 Å². The summed E-state index contributed by atoms with van der Waals surface area (Å²) in [5, 5.41) is 2.60. The maximum absolute atomic E-state index is 13.8. The van der Waals surface area contributed by atoms with Gasteiger partial charge in [0.2, 0.25) is 11.8 Å². The molecule has 0 spiro atoms. The Hall–Kier alpha value is -3.72. The molecule has 3 aromatic carbocycles. The number of halogens is 1. The molecule has 0 aliphatic heterocycles. The molecule has 1 N–H and O–H groups in total. The van der Waals surface area contributed by atoms with Crippen LogP contribution in [0.4, 0.5) is 10.1 Å². The second-order valence-electron chi connectivity index (χ2n) is 8.29. The normalized spacial score (nSPS) is 12.0. The van der Waals surface area contributed by atoms with E-state index in [1.165, 1.54) is 11.9 Å². The van der Waals surface area contributed by atoms with Crippen molar-refractivity contribution in [2.24, 2.45) is 0 Å². The van der Waals surface area contributed by atoms with E-state index in [1.807, 2.05) is 31.2 Å². The highest BCUT2D eigenvalue weighted by molar-refractivity contribution is 7.92. The first-order chi connectivity index (χ1) is 17.2. The number of nitrogens with zero attached hydrogens (tertiary/aromatic N) is 2. The van der Waals surface area contributed by atoms with E-state index in [-0.39, 0.29) is 23.0 Å². The van der Waals surface area contributed by atoms with E-state index in [4.69, 9.17) is 0 Å². The Bertz CT molecular complexity index is 1300. The third-order valence-corrected chi connectivity index (χ3v) is 7.75. The Morgan fingerprint density at radius 2 is 1.56 bits per heavy atom. The van der Waals surface area contributed by atoms with Crippen LogP contribution in [0.25, 0.3) is 0 Å². The van der Waals surface area contributed by atoms with Crippen molar-refractivity contribution < 1.29 is 22.4 Å². The molecule has 0 aliphatic carbocycles. The predicted octanol–water partition coefficient (Wildman–Crippen LogP) is 3.88. The van der Waals surface area contributed by atoms with Gasteiger partial charge in [0.05, 0.1) is 10.6 Å². The van der Waals surface area contributed by atoms with Gasteiger partial charge < -0.3 is 10.2 Å². The number of benzene rings is 3. The van der Waals surface area contributed by atoms with Crippen molar-refractivity contribution in [3.05, 3.63) is 95.8 Å². The molecule has 3 rings (SSSR count). The van der Waals surface area contributed by atoms with Gasteiger partial charge in [0.1, 0.15) is 18.4 Å². The molecule has 0 bridgehead atoms. The highest BCUT2D eigenvalue weighted by Crippen LogP contribution is 2.25. The van der Waals surface area contributed by atoms with Gasteiger partial charge in [0, 0.05) is 13.6 Å². The quantitative estimate of drug-likeness (QED) is 0.448. The summed E-state index contributed by atoms with van der Waals surface area (Å²) in [5.41, 5.74) is 2.07. The SMILES string of the molecule is CC[C@H](C(=O)NC)N(Cc1ccccc1C)C(=O)CN(c1ccccc1)S(=O)(=O)c1ccc(F)cc1. The van der Waals surface area contributed by atoms with Gasteiger partial charge in [0.25, 0.3) is 10.0 Å². The van der Waals surface area contributed by atoms with Gasteiger partial charge in [-0.2, -0.15) is 0 Å². The third kappa shape index (κ3) is 6.09. The molecule has 7 nitrogen and oxygen atoms in total. The predicted molar refractivity (Wildman–Crippen MR) is 137 cm³/mol. The van der Waals surface area contributed by atoms with Crippen molar-refractivity contribution in [2.75, 3.05) is 17.9 Å². The summed E-state index contributed by atoms with van der Waals surface area (Å²) in [6.45, 7) is 3.30. The molecular weight excluding hydrogens is 481 g/mol. The summed E-state index contributed by atoms with van der Waals surface area (Å²) in [6.07, 6.45) is 0.341. The zero-order valence-electron chi connectivity index (χ0n) is 20.5. The molecule has 0 heterocycles. The molecule has 0 radical (unpaired) electrons. The molecular formula is C27H30FN3O4S. The number of amides is 2. The van der Waals surface area contributed by atoms with Gasteiger partial charge >= 0.3 is 0 Å². The Morgan fingerprint density at radius 3 is 2.14 bits per heavy atom. The van der Waals surface area contributed by atoms with Crippen molar-refractivity contribution in [2.45, 2.75) is 37.8 Å². The van der Waals surface area contributed by atoms with Gasteiger partial charge in [-0.15, -0.1) is 0 Å². The van der Waals surface area contributed by atoms with Gasteiger partial charge in [0.15, 0.2) is 0 Å². The smallest absolute Gasteiger partial charge is 0.264 e. The van der Waals surface area contributed by atoms with Crippen molar-refractivity contribution in [3.8, 4) is 0 Å². The summed E-state index contributed by atoms with van der Waals surface area (Å²) < 4.78 is 41.7. The topological polar surface area (TPSA) is 86.8 Å². The minimum atomic E-state index is -4.22. The largest absolute Gasteiger partial charge is 0.357 e. The first-order valence-electron chi connectivity index (χ1n) is 11.6. The van der Waals surface area contributed by atoms with Crippen LogP contribution in [0.3, 0.4) is 0 Å². The molecule has 0 saturated heterocycles. The number of para-hydroxylation sites is 1. The summed E-state index contributed by atoms with van der Waals surface area (Å²) in [4.78, 5) is 27.7. The fourth-order valence-corrected chi connectivity index (χ4v) is 5.33. The van der Waals surface area contributed by atoms with Crippen LogP contribution in [0, 0.1) is 12.7 Å². The maximum atomic E-state index is 13.8. The van der Waals surface area contributed by atoms with Gasteiger partial charge in [-0.05, 0) is 60.9 Å². The summed E-state index contributed by atoms with van der Waals surface area (Å²) in [6, 6.07) is 19.4. The Kier molecular flexibility index (Phi) is 8.82. The zero-order valence-corrected chi connectivity index (χ0v) is 21.3. The minimum absolute atomic E-state index is 0.136. The standard InChI is InChI=1S/C27H30FN3O4S/c1-4-25(27(33)29-3)30(18-21-11-9-8-10-20(21)2)26(32)19-31(23-12-6-5-7-13-23)36(34,35)24-16-14-22(28)15-17-24/h5-17,25H,4,18-19H2,1-3H3,(H,29,33)/t25-/m1/s1. The van der Waals surface area contributed by atoms with Crippen LogP contribution in [0.2, 0.25) is 0 Å². The average Bonchev–Trinajstić information content (AvgIpc) is 2.88. The Labute approximate surface area is 211 Å². The number of nitrogens with one attached hydrogen (secondary N) is 1. The molecule has 0 unspecified atom stereocenters. The lowest BCUT2D eigenvalue weighted by molar-refractivity contribution is -0.140. The van der Waals surface area contributed by atoms with E-state index in [0.717, 1.165) is 39.7 Å². The lowest BCUT2D eigenvalue weighted by atomic mass is 10.1.